The van der Waals surface area contributed by atoms with Crippen molar-refractivity contribution in [2.75, 3.05) is 24.2 Å². The predicted octanol–water partition coefficient (Wildman–Crippen LogP) is 1.52. The van der Waals surface area contributed by atoms with Gasteiger partial charge in [-0.1, -0.05) is 36.4 Å². The average Bonchev–Trinajstić information content (AvgIpc) is 2.74. The summed E-state index contributed by atoms with van der Waals surface area (Å²) in [4.78, 5) is 37.1. The van der Waals surface area contributed by atoms with E-state index in [1.165, 1.54) is 37.1 Å². The second-order valence-corrected chi connectivity index (χ2v) is 8.75. The van der Waals surface area contributed by atoms with E-state index in [2.05, 4.69) is 5.32 Å². The first-order valence-electron chi connectivity index (χ1n) is 9.31. The van der Waals surface area contributed by atoms with Crippen LogP contribution in [0.4, 0.5) is 11.4 Å². The standard InChI is InChI=1S/C20H24N4O6S/c1-15(20(26)21-2)22(13-16-8-5-4-6-9-16)19(25)14-23(31(3,29)30)17-10-7-11-18(12-17)24(27)28/h4-12,15H,13-14H2,1-3H3,(H,21,26). The van der Waals surface area contributed by atoms with Gasteiger partial charge in [0.25, 0.3) is 5.69 Å². The first-order chi connectivity index (χ1) is 14.5. The molecule has 0 saturated heterocycles. The number of nitrogens with one attached hydrogen (secondary N) is 1. The molecule has 0 radical (unpaired) electrons. The lowest BCUT2D eigenvalue weighted by atomic mass is 10.1. The van der Waals surface area contributed by atoms with Gasteiger partial charge in [-0.2, -0.15) is 0 Å². The van der Waals surface area contributed by atoms with E-state index in [-0.39, 0.29) is 17.9 Å². The number of nitro benzene ring substituents is 1. The fraction of sp³-hybridized carbons (Fsp3) is 0.300. The monoisotopic (exact) mass is 448 g/mol. The number of carbonyl (C=O) groups excluding carboxylic acids is 2. The Morgan fingerprint density at radius 2 is 1.77 bits per heavy atom. The number of anilines is 1. The minimum absolute atomic E-state index is 0.0164. The van der Waals surface area contributed by atoms with Gasteiger partial charge in [-0.25, -0.2) is 8.42 Å². The molecule has 0 fully saturated rings. The largest absolute Gasteiger partial charge is 0.357 e. The predicted molar refractivity (Wildman–Crippen MR) is 116 cm³/mol. The van der Waals surface area contributed by atoms with E-state index >= 15 is 0 Å². The van der Waals surface area contributed by atoms with Crippen LogP contribution in [-0.4, -0.2) is 55.9 Å². The number of sulfonamides is 1. The first-order valence-corrected chi connectivity index (χ1v) is 11.2. The van der Waals surface area contributed by atoms with E-state index in [4.69, 9.17) is 0 Å². The molecule has 0 aromatic heterocycles. The summed E-state index contributed by atoms with van der Waals surface area (Å²) >= 11 is 0. The molecule has 2 aromatic rings. The second kappa shape index (κ2) is 10.0. The number of carbonyl (C=O) groups is 2. The number of hydrogen-bond acceptors (Lipinski definition) is 6. The number of non-ortho nitro benzene ring substituents is 1. The SMILES string of the molecule is CNC(=O)C(C)N(Cc1ccccc1)C(=O)CN(c1cccc([N+](=O)[O-])c1)S(C)(=O)=O. The maximum absolute atomic E-state index is 13.2. The van der Waals surface area contributed by atoms with Crippen LogP contribution in [0, 0.1) is 10.1 Å². The van der Waals surface area contributed by atoms with Crippen LogP contribution >= 0.6 is 0 Å². The Hall–Kier alpha value is -3.47. The Morgan fingerprint density at radius 3 is 2.32 bits per heavy atom. The van der Waals surface area contributed by atoms with Crippen LogP contribution in [0.15, 0.2) is 54.6 Å². The first kappa shape index (κ1) is 23.8. The molecule has 1 atom stereocenters. The van der Waals surface area contributed by atoms with Gasteiger partial charge in [-0.15, -0.1) is 0 Å². The van der Waals surface area contributed by atoms with Crippen molar-refractivity contribution in [2.24, 2.45) is 0 Å². The fourth-order valence-corrected chi connectivity index (χ4v) is 3.79. The van der Waals surface area contributed by atoms with Crippen LogP contribution in [0.2, 0.25) is 0 Å². The number of rotatable bonds is 9. The Balaban J connectivity index is 2.40. The van der Waals surface area contributed by atoms with Crippen molar-refractivity contribution in [1.29, 1.82) is 0 Å². The van der Waals surface area contributed by atoms with Crippen molar-refractivity contribution < 1.29 is 22.9 Å². The summed E-state index contributed by atoms with van der Waals surface area (Å²) in [6.07, 6.45) is 0.906. The zero-order valence-electron chi connectivity index (χ0n) is 17.4. The molecule has 1 unspecified atom stereocenters. The summed E-state index contributed by atoms with van der Waals surface area (Å²) in [5.74, 6) is -1.04. The van der Waals surface area contributed by atoms with E-state index < -0.39 is 39.3 Å². The molecule has 0 spiro atoms. The van der Waals surface area contributed by atoms with Crippen molar-refractivity contribution in [3.63, 3.8) is 0 Å². The molecule has 2 amide bonds. The Kier molecular flexibility index (Phi) is 7.70. The van der Waals surface area contributed by atoms with Gasteiger partial charge in [0.2, 0.25) is 21.8 Å². The van der Waals surface area contributed by atoms with E-state index in [0.29, 0.717) is 0 Å². The molecule has 0 saturated carbocycles. The highest BCUT2D eigenvalue weighted by Gasteiger charge is 2.30. The lowest BCUT2D eigenvalue weighted by molar-refractivity contribution is -0.384. The highest BCUT2D eigenvalue weighted by atomic mass is 32.2. The van der Waals surface area contributed by atoms with Crippen molar-refractivity contribution in [2.45, 2.75) is 19.5 Å². The topological polar surface area (TPSA) is 130 Å². The molecule has 1 N–H and O–H groups in total. The zero-order valence-corrected chi connectivity index (χ0v) is 18.2. The molecular formula is C20H24N4O6S. The molecule has 2 rings (SSSR count). The number of likely N-dealkylation sites (N-methyl/N-ethyl adjacent to an activating group) is 1. The number of amides is 2. The summed E-state index contributed by atoms with van der Waals surface area (Å²) < 4.78 is 25.6. The lowest BCUT2D eigenvalue weighted by Gasteiger charge is -2.31. The number of hydrogen-bond donors (Lipinski definition) is 1. The quantitative estimate of drug-likeness (QED) is 0.457. The molecule has 0 aliphatic carbocycles. The van der Waals surface area contributed by atoms with Gasteiger partial charge in [-0.3, -0.25) is 24.0 Å². The molecule has 0 heterocycles. The summed E-state index contributed by atoms with van der Waals surface area (Å²) in [5.41, 5.74) is 0.434. The van der Waals surface area contributed by atoms with Gasteiger partial charge in [-0.05, 0) is 18.6 Å². The molecule has 11 heteroatoms. The normalized spacial score (nSPS) is 12.0. The molecule has 10 nitrogen and oxygen atoms in total. The van der Waals surface area contributed by atoms with Crippen LogP contribution in [0.25, 0.3) is 0 Å². The number of benzene rings is 2. The zero-order chi connectivity index (χ0) is 23.2. The summed E-state index contributed by atoms with van der Waals surface area (Å²) in [6, 6.07) is 13.1. The lowest BCUT2D eigenvalue weighted by Crippen LogP contribution is -2.50. The Morgan fingerprint density at radius 1 is 1.13 bits per heavy atom. The molecular weight excluding hydrogens is 424 g/mol. The second-order valence-electron chi connectivity index (χ2n) is 6.84. The van der Waals surface area contributed by atoms with Gasteiger partial charge in [0.15, 0.2) is 0 Å². The smallest absolute Gasteiger partial charge is 0.271 e. The molecule has 0 aliphatic rings. The maximum Gasteiger partial charge on any atom is 0.271 e. The van der Waals surface area contributed by atoms with E-state index in [1.54, 1.807) is 24.3 Å². The molecule has 0 bridgehead atoms. The summed E-state index contributed by atoms with van der Waals surface area (Å²) in [7, 11) is -2.51. The molecule has 31 heavy (non-hydrogen) atoms. The highest BCUT2D eigenvalue weighted by molar-refractivity contribution is 7.92. The van der Waals surface area contributed by atoms with Gasteiger partial charge < -0.3 is 10.2 Å². The van der Waals surface area contributed by atoms with Crippen LogP contribution < -0.4 is 9.62 Å². The van der Waals surface area contributed by atoms with Crippen LogP contribution in [0.3, 0.4) is 0 Å². The van der Waals surface area contributed by atoms with E-state index in [0.717, 1.165) is 22.2 Å². The van der Waals surface area contributed by atoms with Gasteiger partial charge >= 0.3 is 0 Å². The van der Waals surface area contributed by atoms with Crippen molar-refractivity contribution in [3.8, 4) is 0 Å². The third kappa shape index (κ3) is 6.25. The minimum atomic E-state index is -3.95. The van der Waals surface area contributed by atoms with Crippen molar-refractivity contribution in [3.05, 3.63) is 70.3 Å². The molecule has 166 valence electrons. The van der Waals surface area contributed by atoms with Crippen LogP contribution in [0.1, 0.15) is 12.5 Å². The Bertz CT molecular complexity index is 1060. The fourth-order valence-electron chi connectivity index (χ4n) is 2.95. The van der Waals surface area contributed by atoms with Gasteiger partial charge in [0.1, 0.15) is 12.6 Å². The van der Waals surface area contributed by atoms with Crippen molar-refractivity contribution >= 4 is 33.2 Å². The summed E-state index contributed by atoms with van der Waals surface area (Å²) in [5, 5.41) is 13.6. The number of nitro groups is 1. The highest BCUT2D eigenvalue weighted by Crippen LogP contribution is 2.23. The minimum Gasteiger partial charge on any atom is -0.357 e. The van der Waals surface area contributed by atoms with Crippen molar-refractivity contribution in [1.82, 2.24) is 10.2 Å². The van der Waals surface area contributed by atoms with E-state index in [1.807, 2.05) is 6.07 Å². The van der Waals surface area contributed by atoms with Crippen LogP contribution in [0.5, 0.6) is 0 Å². The number of nitrogens with zero attached hydrogens (tertiary/aromatic N) is 3. The average molecular weight is 449 g/mol. The summed E-state index contributed by atoms with van der Waals surface area (Å²) in [6.45, 7) is 1.01. The Labute approximate surface area is 180 Å². The molecule has 0 aliphatic heterocycles. The van der Waals surface area contributed by atoms with E-state index in [9.17, 15) is 28.1 Å². The third-order valence-electron chi connectivity index (χ3n) is 4.62. The van der Waals surface area contributed by atoms with Crippen LogP contribution in [-0.2, 0) is 26.2 Å². The third-order valence-corrected chi connectivity index (χ3v) is 5.76. The van der Waals surface area contributed by atoms with Gasteiger partial charge in [0, 0.05) is 25.7 Å². The maximum atomic E-state index is 13.2. The molecule has 2 aromatic carbocycles. The van der Waals surface area contributed by atoms with Gasteiger partial charge in [0.05, 0.1) is 16.9 Å².